The molecule has 2 rings (SSSR count). The van der Waals surface area contributed by atoms with Crippen LogP contribution < -0.4 is 10.6 Å². The van der Waals surface area contributed by atoms with Crippen LogP contribution in [0.5, 0.6) is 0 Å². The lowest BCUT2D eigenvalue weighted by atomic mass is 10.1. The number of aryl methyl sites for hydroxylation is 2. The van der Waals surface area contributed by atoms with Gasteiger partial charge in [-0.3, -0.25) is 10.1 Å². The average molecular weight is 330 g/mol. The quantitative estimate of drug-likeness (QED) is 0.830. The standard InChI is InChI=1S/C19H26N2OS/c1-12-11-18(16(5)23-12)14(3)20-15(4)19(22)21-13(2)17-9-7-6-8-10-17/h6-11,13-15,20H,1-5H3,(H,21,22). The van der Waals surface area contributed by atoms with Gasteiger partial charge in [-0.05, 0) is 51.8 Å². The minimum absolute atomic E-state index is 0.00776. The molecule has 4 heteroatoms. The molecule has 3 nitrogen and oxygen atoms in total. The molecule has 23 heavy (non-hydrogen) atoms. The Morgan fingerprint density at radius 1 is 1.04 bits per heavy atom. The summed E-state index contributed by atoms with van der Waals surface area (Å²) >= 11 is 1.80. The molecule has 2 N–H and O–H groups in total. The molecule has 0 radical (unpaired) electrons. The first kappa shape index (κ1) is 17.7. The summed E-state index contributed by atoms with van der Waals surface area (Å²) < 4.78 is 0. The Labute approximate surface area is 143 Å². The summed E-state index contributed by atoms with van der Waals surface area (Å²) in [4.78, 5) is 15.0. The molecule has 1 aromatic carbocycles. The van der Waals surface area contributed by atoms with Gasteiger partial charge in [-0.25, -0.2) is 0 Å². The Hall–Kier alpha value is -1.65. The summed E-state index contributed by atoms with van der Waals surface area (Å²) in [5, 5.41) is 6.48. The van der Waals surface area contributed by atoms with Gasteiger partial charge in [0.25, 0.3) is 0 Å². The highest BCUT2D eigenvalue weighted by Gasteiger charge is 2.20. The van der Waals surface area contributed by atoms with E-state index >= 15 is 0 Å². The predicted octanol–water partition coefficient (Wildman–Crippen LogP) is 4.28. The molecule has 0 bridgehead atoms. The van der Waals surface area contributed by atoms with E-state index in [2.05, 4.69) is 37.5 Å². The highest BCUT2D eigenvalue weighted by atomic mass is 32.1. The van der Waals surface area contributed by atoms with Crippen LogP contribution >= 0.6 is 11.3 Å². The van der Waals surface area contributed by atoms with Crippen LogP contribution in [-0.2, 0) is 4.79 Å². The number of carbonyl (C=O) groups excluding carboxylic acids is 1. The maximum atomic E-state index is 12.4. The molecule has 0 aliphatic heterocycles. The molecule has 2 aromatic rings. The van der Waals surface area contributed by atoms with E-state index in [-0.39, 0.29) is 24.0 Å². The second-order valence-corrected chi connectivity index (χ2v) is 7.58. The lowest BCUT2D eigenvalue weighted by molar-refractivity contribution is -0.123. The average Bonchev–Trinajstić information content (AvgIpc) is 2.86. The number of hydrogen-bond acceptors (Lipinski definition) is 3. The van der Waals surface area contributed by atoms with Gasteiger partial charge in [-0.2, -0.15) is 0 Å². The van der Waals surface area contributed by atoms with E-state index in [1.165, 1.54) is 15.3 Å². The number of carbonyl (C=O) groups is 1. The van der Waals surface area contributed by atoms with Crippen LogP contribution in [0.25, 0.3) is 0 Å². The number of nitrogens with one attached hydrogen (secondary N) is 2. The Kier molecular flexibility index (Phi) is 5.97. The summed E-state index contributed by atoms with van der Waals surface area (Å²) in [5.41, 5.74) is 2.40. The van der Waals surface area contributed by atoms with Crippen molar-refractivity contribution in [3.05, 3.63) is 57.3 Å². The lowest BCUT2D eigenvalue weighted by Crippen LogP contribution is -2.43. The number of benzene rings is 1. The van der Waals surface area contributed by atoms with E-state index in [1.807, 2.05) is 44.2 Å². The Morgan fingerprint density at radius 3 is 2.26 bits per heavy atom. The first-order chi connectivity index (χ1) is 10.9. The van der Waals surface area contributed by atoms with Crippen molar-refractivity contribution in [2.45, 2.75) is 52.7 Å². The van der Waals surface area contributed by atoms with E-state index in [0.29, 0.717) is 0 Å². The summed E-state index contributed by atoms with van der Waals surface area (Å²) in [5.74, 6) is 0.0257. The first-order valence-corrected chi connectivity index (χ1v) is 8.88. The van der Waals surface area contributed by atoms with Gasteiger partial charge in [0.15, 0.2) is 0 Å². The van der Waals surface area contributed by atoms with Gasteiger partial charge in [0.05, 0.1) is 12.1 Å². The van der Waals surface area contributed by atoms with Crippen molar-refractivity contribution in [1.82, 2.24) is 10.6 Å². The van der Waals surface area contributed by atoms with Crippen molar-refractivity contribution >= 4 is 17.2 Å². The fourth-order valence-electron chi connectivity index (χ4n) is 2.78. The van der Waals surface area contributed by atoms with Crippen LogP contribution in [0, 0.1) is 13.8 Å². The second-order valence-electron chi connectivity index (χ2n) is 6.12. The van der Waals surface area contributed by atoms with E-state index in [1.54, 1.807) is 11.3 Å². The Morgan fingerprint density at radius 2 is 1.70 bits per heavy atom. The minimum Gasteiger partial charge on any atom is -0.348 e. The maximum Gasteiger partial charge on any atom is 0.237 e. The molecule has 124 valence electrons. The van der Waals surface area contributed by atoms with Gasteiger partial charge < -0.3 is 5.32 Å². The van der Waals surface area contributed by atoms with Crippen molar-refractivity contribution in [2.75, 3.05) is 0 Å². The fraction of sp³-hybridized carbons (Fsp3) is 0.421. The highest BCUT2D eigenvalue weighted by molar-refractivity contribution is 7.12. The number of thiophene rings is 1. The normalized spacial score (nSPS) is 15.0. The zero-order valence-electron chi connectivity index (χ0n) is 14.5. The molecule has 3 unspecified atom stereocenters. The third kappa shape index (κ3) is 4.66. The molecule has 1 amide bonds. The van der Waals surface area contributed by atoms with Gasteiger partial charge in [0.1, 0.15) is 0 Å². The molecule has 3 atom stereocenters. The van der Waals surface area contributed by atoms with Gasteiger partial charge in [-0.1, -0.05) is 30.3 Å². The SMILES string of the molecule is Cc1cc(C(C)NC(C)C(=O)NC(C)c2ccccc2)c(C)s1. The van der Waals surface area contributed by atoms with Crippen LogP contribution in [0.2, 0.25) is 0 Å². The zero-order valence-corrected chi connectivity index (χ0v) is 15.3. The maximum absolute atomic E-state index is 12.4. The Balaban J connectivity index is 1.93. The van der Waals surface area contributed by atoms with Crippen molar-refractivity contribution in [2.24, 2.45) is 0 Å². The molecular formula is C19H26N2OS. The van der Waals surface area contributed by atoms with E-state index in [4.69, 9.17) is 0 Å². The van der Waals surface area contributed by atoms with Crippen LogP contribution in [-0.4, -0.2) is 11.9 Å². The molecule has 0 saturated heterocycles. The monoisotopic (exact) mass is 330 g/mol. The molecule has 0 aliphatic rings. The minimum atomic E-state index is -0.240. The summed E-state index contributed by atoms with van der Waals surface area (Å²) in [6, 6.07) is 12.2. The van der Waals surface area contributed by atoms with E-state index < -0.39 is 0 Å². The van der Waals surface area contributed by atoms with Crippen LogP contribution in [0.1, 0.15) is 53.7 Å². The lowest BCUT2D eigenvalue weighted by Gasteiger charge is -2.22. The summed E-state index contributed by atoms with van der Waals surface area (Å²) in [6.45, 7) is 10.3. The molecule has 0 aliphatic carbocycles. The summed E-state index contributed by atoms with van der Waals surface area (Å²) in [6.07, 6.45) is 0. The zero-order chi connectivity index (χ0) is 17.0. The van der Waals surface area contributed by atoms with Crippen molar-refractivity contribution in [3.8, 4) is 0 Å². The topological polar surface area (TPSA) is 41.1 Å². The van der Waals surface area contributed by atoms with Gasteiger partial charge in [0.2, 0.25) is 5.91 Å². The van der Waals surface area contributed by atoms with Crippen LogP contribution in [0.3, 0.4) is 0 Å². The first-order valence-electron chi connectivity index (χ1n) is 8.06. The molecule has 0 spiro atoms. The largest absolute Gasteiger partial charge is 0.348 e. The molecular weight excluding hydrogens is 304 g/mol. The Bertz CT molecular complexity index is 651. The third-order valence-electron chi connectivity index (χ3n) is 4.10. The predicted molar refractivity (Wildman–Crippen MR) is 97.8 cm³/mol. The van der Waals surface area contributed by atoms with Crippen molar-refractivity contribution in [3.63, 3.8) is 0 Å². The van der Waals surface area contributed by atoms with Gasteiger partial charge >= 0.3 is 0 Å². The fourth-order valence-corrected chi connectivity index (χ4v) is 3.81. The molecule has 0 fully saturated rings. The molecule has 1 aromatic heterocycles. The van der Waals surface area contributed by atoms with Crippen LogP contribution in [0.15, 0.2) is 36.4 Å². The third-order valence-corrected chi connectivity index (χ3v) is 5.08. The smallest absolute Gasteiger partial charge is 0.237 e. The van der Waals surface area contributed by atoms with Crippen molar-refractivity contribution in [1.29, 1.82) is 0 Å². The second kappa shape index (κ2) is 7.75. The molecule has 1 heterocycles. The van der Waals surface area contributed by atoms with Crippen molar-refractivity contribution < 1.29 is 4.79 Å². The van der Waals surface area contributed by atoms with Gasteiger partial charge in [0, 0.05) is 15.8 Å². The number of amides is 1. The molecule has 0 saturated carbocycles. The number of rotatable bonds is 6. The van der Waals surface area contributed by atoms with Gasteiger partial charge in [-0.15, -0.1) is 11.3 Å². The summed E-state index contributed by atoms with van der Waals surface area (Å²) in [7, 11) is 0. The number of hydrogen-bond donors (Lipinski definition) is 2. The van der Waals surface area contributed by atoms with E-state index in [0.717, 1.165) is 5.56 Å². The van der Waals surface area contributed by atoms with E-state index in [9.17, 15) is 4.79 Å². The highest BCUT2D eigenvalue weighted by Crippen LogP contribution is 2.26. The van der Waals surface area contributed by atoms with Crippen LogP contribution in [0.4, 0.5) is 0 Å².